The first-order valence-corrected chi connectivity index (χ1v) is 9.57. The van der Waals surface area contributed by atoms with Crippen LogP contribution in [0.25, 0.3) is 11.1 Å². The van der Waals surface area contributed by atoms with Crippen LogP contribution in [0.2, 0.25) is 0 Å². The number of benzene rings is 3. The van der Waals surface area contributed by atoms with E-state index in [0.717, 1.165) is 22.4 Å². The maximum Gasteiger partial charge on any atom is 0.305 e. The van der Waals surface area contributed by atoms with Crippen LogP contribution < -0.4 is 5.32 Å². The first-order valence-electron chi connectivity index (χ1n) is 9.57. The van der Waals surface area contributed by atoms with Gasteiger partial charge in [0, 0.05) is 5.69 Å². The van der Waals surface area contributed by atoms with Gasteiger partial charge in [-0.3, -0.25) is 4.79 Å². The van der Waals surface area contributed by atoms with E-state index in [0.29, 0.717) is 0 Å². The average Bonchev–Trinajstić information content (AvgIpc) is 2.68. The topological polar surface area (TPSA) is 49.3 Å². The van der Waals surface area contributed by atoms with Crippen LogP contribution in [0, 0.1) is 0 Å². The highest BCUT2D eigenvalue weighted by Gasteiger charge is 2.17. The van der Waals surface area contributed by atoms with Crippen LogP contribution in [0.5, 0.6) is 0 Å². The molecule has 0 amide bonds. The molecule has 144 valence electrons. The van der Waals surface area contributed by atoms with Crippen molar-refractivity contribution in [2.45, 2.75) is 38.6 Å². The molecular weight excluding hydrogens is 346 g/mol. The molecule has 3 heteroatoms. The molecule has 0 saturated heterocycles. The Morgan fingerprint density at radius 1 is 0.857 bits per heavy atom. The minimum Gasteiger partial charge on any atom is -0.481 e. The first kappa shape index (κ1) is 19.7. The second kappa shape index (κ2) is 8.30. The molecule has 1 atom stereocenters. The van der Waals surface area contributed by atoms with Gasteiger partial charge in [-0.05, 0) is 39.8 Å². The highest BCUT2D eigenvalue weighted by Crippen LogP contribution is 2.28. The summed E-state index contributed by atoms with van der Waals surface area (Å²) >= 11 is 0. The summed E-state index contributed by atoms with van der Waals surface area (Å²) in [6.07, 6.45) is 0.0195. The zero-order valence-electron chi connectivity index (χ0n) is 16.6. The van der Waals surface area contributed by atoms with E-state index in [1.165, 1.54) is 5.56 Å². The molecule has 3 rings (SSSR count). The molecule has 2 N–H and O–H groups in total. The second-order valence-corrected chi connectivity index (χ2v) is 8.11. The molecule has 0 heterocycles. The summed E-state index contributed by atoms with van der Waals surface area (Å²) < 4.78 is 0. The summed E-state index contributed by atoms with van der Waals surface area (Å²) in [4.78, 5) is 11.4. The lowest BCUT2D eigenvalue weighted by atomic mass is 9.87. The number of hydrogen-bond acceptors (Lipinski definition) is 2. The second-order valence-electron chi connectivity index (χ2n) is 8.11. The van der Waals surface area contributed by atoms with Crippen molar-refractivity contribution in [1.29, 1.82) is 0 Å². The molecule has 0 aliphatic rings. The van der Waals surface area contributed by atoms with E-state index in [9.17, 15) is 9.90 Å². The van der Waals surface area contributed by atoms with E-state index in [2.05, 4.69) is 50.4 Å². The van der Waals surface area contributed by atoms with Gasteiger partial charge in [-0.15, -0.1) is 0 Å². The van der Waals surface area contributed by atoms with Crippen LogP contribution in [0.4, 0.5) is 5.69 Å². The Kier molecular flexibility index (Phi) is 5.84. The third-order valence-electron chi connectivity index (χ3n) is 4.89. The van der Waals surface area contributed by atoms with Crippen molar-refractivity contribution in [3.63, 3.8) is 0 Å². The number of carbonyl (C=O) groups is 1. The van der Waals surface area contributed by atoms with Crippen LogP contribution in [0.1, 0.15) is 44.4 Å². The molecule has 0 aliphatic carbocycles. The zero-order chi connectivity index (χ0) is 20.1. The van der Waals surface area contributed by atoms with Crippen molar-refractivity contribution in [3.8, 4) is 11.1 Å². The molecule has 1 unspecified atom stereocenters. The summed E-state index contributed by atoms with van der Waals surface area (Å²) in [6, 6.07) is 26.2. The lowest BCUT2D eigenvalue weighted by Gasteiger charge is -2.22. The minimum atomic E-state index is -0.823. The number of rotatable bonds is 6. The fraction of sp³-hybridized carbons (Fsp3) is 0.240. The number of nitrogens with one attached hydrogen (secondary N) is 1. The lowest BCUT2D eigenvalue weighted by Crippen LogP contribution is -2.16. The number of anilines is 1. The molecule has 0 saturated carbocycles. The normalized spacial score (nSPS) is 12.4. The minimum absolute atomic E-state index is 0.0195. The number of carboxylic acids is 1. The molecule has 0 radical (unpaired) electrons. The van der Waals surface area contributed by atoms with Crippen molar-refractivity contribution >= 4 is 11.7 Å². The molecule has 28 heavy (non-hydrogen) atoms. The third-order valence-corrected chi connectivity index (χ3v) is 4.89. The average molecular weight is 373 g/mol. The largest absolute Gasteiger partial charge is 0.481 e. The monoisotopic (exact) mass is 373 g/mol. The third kappa shape index (κ3) is 5.01. The predicted octanol–water partition coefficient (Wildman–Crippen LogP) is 6.28. The molecule has 0 aromatic heterocycles. The van der Waals surface area contributed by atoms with Crippen molar-refractivity contribution in [2.24, 2.45) is 0 Å². The van der Waals surface area contributed by atoms with Crippen LogP contribution in [-0.2, 0) is 10.2 Å². The van der Waals surface area contributed by atoms with Crippen molar-refractivity contribution in [1.82, 2.24) is 0 Å². The van der Waals surface area contributed by atoms with Crippen LogP contribution >= 0.6 is 0 Å². The summed E-state index contributed by atoms with van der Waals surface area (Å²) in [5, 5.41) is 12.8. The fourth-order valence-electron chi connectivity index (χ4n) is 3.23. The number of aliphatic carboxylic acids is 1. The summed E-state index contributed by atoms with van der Waals surface area (Å²) in [5.41, 5.74) is 5.49. The Balaban J connectivity index is 1.81. The number of carboxylic acid groups (broad SMARTS) is 1. The first-order chi connectivity index (χ1) is 13.3. The highest BCUT2D eigenvalue weighted by molar-refractivity contribution is 5.69. The van der Waals surface area contributed by atoms with Gasteiger partial charge in [-0.2, -0.15) is 0 Å². The lowest BCUT2D eigenvalue weighted by molar-refractivity contribution is -0.137. The molecule has 0 bridgehead atoms. The van der Waals surface area contributed by atoms with E-state index in [-0.39, 0.29) is 17.9 Å². The van der Waals surface area contributed by atoms with Gasteiger partial charge < -0.3 is 10.4 Å². The Labute approximate surface area is 167 Å². The number of hydrogen-bond donors (Lipinski definition) is 2. The van der Waals surface area contributed by atoms with Crippen molar-refractivity contribution < 1.29 is 9.90 Å². The van der Waals surface area contributed by atoms with Gasteiger partial charge >= 0.3 is 5.97 Å². The molecule has 0 spiro atoms. The summed E-state index contributed by atoms with van der Waals surface area (Å²) in [6.45, 7) is 6.53. The molecule has 0 fully saturated rings. The van der Waals surface area contributed by atoms with Gasteiger partial charge in [0.2, 0.25) is 0 Å². The van der Waals surface area contributed by atoms with Gasteiger partial charge in [0.05, 0.1) is 12.5 Å². The SMILES string of the molecule is CC(C)(C)c1ccc(NC(CC(=O)O)c2ccc(-c3ccccc3)cc2)cc1. The smallest absolute Gasteiger partial charge is 0.305 e. The van der Waals surface area contributed by atoms with Crippen LogP contribution in [0.15, 0.2) is 78.9 Å². The molecule has 3 nitrogen and oxygen atoms in total. The summed E-state index contributed by atoms with van der Waals surface area (Å²) in [5.74, 6) is -0.823. The van der Waals surface area contributed by atoms with Gasteiger partial charge in [-0.25, -0.2) is 0 Å². The van der Waals surface area contributed by atoms with Crippen LogP contribution in [0.3, 0.4) is 0 Å². The van der Waals surface area contributed by atoms with Crippen molar-refractivity contribution in [3.05, 3.63) is 90.0 Å². The van der Waals surface area contributed by atoms with Crippen molar-refractivity contribution in [2.75, 3.05) is 5.32 Å². The maximum absolute atomic E-state index is 11.4. The Hall–Kier alpha value is -3.07. The van der Waals surface area contributed by atoms with E-state index in [1.54, 1.807) is 0 Å². The maximum atomic E-state index is 11.4. The standard InChI is InChI=1S/C25H27NO2/c1-25(2,3)21-13-15-22(16-14-21)26-23(17-24(27)28)20-11-9-19(10-12-20)18-7-5-4-6-8-18/h4-16,23,26H,17H2,1-3H3,(H,27,28). The Morgan fingerprint density at radius 2 is 1.43 bits per heavy atom. The molecular formula is C25H27NO2. The highest BCUT2D eigenvalue weighted by atomic mass is 16.4. The zero-order valence-corrected chi connectivity index (χ0v) is 16.6. The van der Waals surface area contributed by atoms with Gasteiger partial charge in [0.15, 0.2) is 0 Å². The van der Waals surface area contributed by atoms with Gasteiger partial charge in [-0.1, -0.05) is 87.5 Å². The molecule has 3 aromatic carbocycles. The Bertz CT molecular complexity index is 908. The molecule has 3 aromatic rings. The quantitative estimate of drug-likeness (QED) is 0.535. The van der Waals surface area contributed by atoms with E-state index in [1.807, 2.05) is 54.6 Å². The van der Waals surface area contributed by atoms with E-state index >= 15 is 0 Å². The van der Waals surface area contributed by atoms with Gasteiger partial charge in [0.1, 0.15) is 0 Å². The molecule has 0 aliphatic heterocycles. The predicted molar refractivity (Wildman–Crippen MR) is 116 cm³/mol. The Morgan fingerprint density at radius 3 is 1.96 bits per heavy atom. The fourth-order valence-corrected chi connectivity index (χ4v) is 3.23. The van der Waals surface area contributed by atoms with Gasteiger partial charge in [0.25, 0.3) is 0 Å². The summed E-state index contributed by atoms with van der Waals surface area (Å²) in [7, 11) is 0. The van der Waals surface area contributed by atoms with E-state index in [4.69, 9.17) is 0 Å². The van der Waals surface area contributed by atoms with Crippen LogP contribution in [-0.4, -0.2) is 11.1 Å². The van der Waals surface area contributed by atoms with E-state index < -0.39 is 5.97 Å².